The van der Waals surface area contributed by atoms with E-state index in [0.717, 1.165) is 28.6 Å². The third kappa shape index (κ3) is 2.96. The summed E-state index contributed by atoms with van der Waals surface area (Å²) in [4.78, 5) is 11.4. The highest BCUT2D eigenvalue weighted by Gasteiger charge is 2.23. The van der Waals surface area contributed by atoms with E-state index in [9.17, 15) is 4.79 Å². The summed E-state index contributed by atoms with van der Waals surface area (Å²) in [6.07, 6.45) is 2.20. The summed E-state index contributed by atoms with van der Waals surface area (Å²) in [6.45, 7) is 2.01. The van der Waals surface area contributed by atoms with Crippen LogP contribution in [0.3, 0.4) is 0 Å². The molecular weight excluding hydrogens is 256 g/mol. The predicted molar refractivity (Wildman–Crippen MR) is 64.1 cm³/mol. The number of halogens is 1. The van der Waals surface area contributed by atoms with E-state index in [2.05, 4.69) is 26.6 Å². The second-order valence-electron chi connectivity index (χ2n) is 3.84. The van der Waals surface area contributed by atoms with Crippen LogP contribution < -0.4 is 10.6 Å². The third-order valence-electron chi connectivity index (χ3n) is 2.34. The van der Waals surface area contributed by atoms with Crippen molar-refractivity contribution in [2.45, 2.75) is 25.8 Å². The monoisotopic (exact) mass is 268 g/mol. The fraction of sp³-hybridized carbons (Fsp3) is 0.364. The highest BCUT2D eigenvalue weighted by molar-refractivity contribution is 9.10. The van der Waals surface area contributed by atoms with E-state index in [1.807, 2.05) is 25.1 Å². The minimum Gasteiger partial charge on any atom is -0.335 e. The van der Waals surface area contributed by atoms with Crippen molar-refractivity contribution in [2.75, 3.05) is 5.32 Å². The van der Waals surface area contributed by atoms with Gasteiger partial charge in [0.25, 0.3) is 0 Å². The molecule has 0 aliphatic heterocycles. The summed E-state index contributed by atoms with van der Waals surface area (Å²) in [7, 11) is 0. The number of benzene rings is 1. The van der Waals surface area contributed by atoms with Crippen molar-refractivity contribution in [3.05, 3.63) is 28.2 Å². The molecule has 2 amide bonds. The molecule has 15 heavy (non-hydrogen) atoms. The molecule has 2 rings (SSSR count). The molecule has 0 saturated heterocycles. The van der Waals surface area contributed by atoms with Crippen LogP contribution in [0.25, 0.3) is 0 Å². The Bertz CT molecular complexity index is 388. The van der Waals surface area contributed by atoms with Crippen LogP contribution in [0.1, 0.15) is 18.4 Å². The second kappa shape index (κ2) is 4.23. The minimum absolute atomic E-state index is 0.117. The van der Waals surface area contributed by atoms with Gasteiger partial charge in [0, 0.05) is 16.2 Å². The molecule has 1 aliphatic rings. The van der Waals surface area contributed by atoms with Crippen molar-refractivity contribution in [3.63, 3.8) is 0 Å². The molecule has 0 heterocycles. The zero-order valence-corrected chi connectivity index (χ0v) is 10.1. The Morgan fingerprint density at radius 3 is 2.80 bits per heavy atom. The summed E-state index contributed by atoms with van der Waals surface area (Å²) in [5, 5.41) is 5.67. The maximum atomic E-state index is 11.4. The maximum Gasteiger partial charge on any atom is 0.319 e. The minimum atomic E-state index is -0.117. The van der Waals surface area contributed by atoms with Gasteiger partial charge in [-0.1, -0.05) is 22.0 Å². The zero-order valence-electron chi connectivity index (χ0n) is 8.51. The largest absolute Gasteiger partial charge is 0.335 e. The van der Waals surface area contributed by atoms with Gasteiger partial charge in [-0.3, -0.25) is 0 Å². The Balaban J connectivity index is 1.97. The number of nitrogens with one attached hydrogen (secondary N) is 2. The number of amides is 2. The predicted octanol–water partition coefficient (Wildman–Crippen LogP) is 3.04. The van der Waals surface area contributed by atoms with Crippen LogP contribution in [0, 0.1) is 6.92 Å². The first kappa shape index (κ1) is 10.5. The number of anilines is 1. The molecule has 1 aromatic rings. The Kier molecular flexibility index (Phi) is 2.95. The number of hydrogen-bond donors (Lipinski definition) is 2. The number of aryl methyl sites for hydroxylation is 1. The van der Waals surface area contributed by atoms with Gasteiger partial charge >= 0.3 is 6.03 Å². The van der Waals surface area contributed by atoms with E-state index in [1.165, 1.54) is 0 Å². The highest BCUT2D eigenvalue weighted by atomic mass is 79.9. The van der Waals surface area contributed by atoms with E-state index in [0.29, 0.717) is 6.04 Å². The maximum absolute atomic E-state index is 11.4. The summed E-state index contributed by atoms with van der Waals surface area (Å²) in [5.74, 6) is 0. The molecule has 0 radical (unpaired) electrons. The van der Waals surface area contributed by atoms with E-state index in [4.69, 9.17) is 0 Å². The first-order valence-electron chi connectivity index (χ1n) is 4.99. The zero-order chi connectivity index (χ0) is 10.8. The fourth-order valence-corrected chi connectivity index (χ4v) is 1.63. The molecule has 1 aliphatic carbocycles. The van der Waals surface area contributed by atoms with Crippen molar-refractivity contribution in [2.24, 2.45) is 0 Å². The standard InChI is InChI=1S/C11H13BrN2O/c1-7-2-3-9(6-10(7)12)14-11(15)13-8-4-5-8/h2-3,6,8H,4-5H2,1H3,(H2,13,14,15). The lowest BCUT2D eigenvalue weighted by Gasteiger charge is -2.07. The first-order valence-corrected chi connectivity index (χ1v) is 5.78. The summed E-state index contributed by atoms with van der Waals surface area (Å²) >= 11 is 3.43. The molecule has 0 spiro atoms. The van der Waals surface area contributed by atoms with E-state index < -0.39 is 0 Å². The molecule has 80 valence electrons. The van der Waals surface area contributed by atoms with E-state index in [-0.39, 0.29) is 6.03 Å². The molecule has 0 aromatic heterocycles. The van der Waals surface area contributed by atoms with Gasteiger partial charge in [-0.05, 0) is 37.5 Å². The van der Waals surface area contributed by atoms with Crippen LogP contribution in [0.5, 0.6) is 0 Å². The van der Waals surface area contributed by atoms with Gasteiger partial charge in [0.1, 0.15) is 0 Å². The number of hydrogen-bond acceptors (Lipinski definition) is 1. The normalized spacial score (nSPS) is 14.8. The van der Waals surface area contributed by atoms with Crippen molar-refractivity contribution >= 4 is 27.6 Å². The Labute approximate surface area is 97.4 Å². The number of carbonyl (C=O) groups excluding carboxylic acids is 1. The van der Waals surface area contributed by atoms with Gasteiger partial charge in [-0.25, -0.2) is 4.79 Å². The molecule has 4 heteroatoms. The molecule has 3 nitrogen and oxygen atoms in total. The number of carbonyl (C=O) groups is 1. The lowest BCUT2D eigenvalue weighted by Crippen LogP contribution is -2.30. The summed E-state index contributed by atoms with van der Waals surface area (Å²) < 4.78 is 1.01. The quantitative estimate of drug-likeness (QED) is 0.851. The number of rotatable bonds is 2. The van der Waals surface area contributed by atoms with Crippen LogP contribution in [0.15, 0.2) is 22.7 Å². The topological polar surface area (TPSA) is 41.1 Å². The molecule has 1 aromatic carbocycles. The number of urea groups is 1. The van der Waals surface area contributed by atoms with Gasteiger partial charge in [-0.15, -0.1) is 0 Å². The average Bonchev–Trinajstić information content (AvgIpc) is 2.95. The van der Waals surface area contributed by atoms with Crippen molar-refractivity contribution < 1.29 is 4.79 Å². The van der Waals surface area contributed by atoms with Gasteiger partial charge < -0.3 is 10.6 Å². The third-order valence-corrected chi connectivity index (χ3v) is 3.20. The smallest absolute Gasteiger partial charge is 0.319 e. The van der Waals surface area contributed by atoms with Crippen molar-refractivity contribution in [1.29, 1.82) is 0 Å². The van der Waals surface area contributed by atoms with Gasteiger partial charge in [0.2, 0.25) is 0 Å². The van der Waals surface area contributed by atoms with E-state index >= 15 is 0 Å². The van der Waals surface area contributed by atoms with Crippen molar-refractivity contribution in [3.8, 4) is 0 Å². The SMILES string of the molecule is Cc1ccc(NC(=O)NC2CC2)cc1Br. The summed E-state index contributed by atoms with van der Waals surface area (Å²) in [6, 6.07) is 6.04. The van der Waals surface area contributed by atoms with Crippen LogP contribution in [0.4, 0.5) is 10.5 Å². The molecule has 1 fully saturated rings. The first-order chi connectivity index (χ1) is 7.15. The molecule has 1 saturated carbocycles. The Morgan fingerprint density at radius 1 is 1.47 bits per heavy atom. The lowest BCUT2D eigenvalue weighted by molar-refractivity contribution is 0.251. The molecular formula is C11H13BrN2O. The average molecular weight is 269 g/mol. The van der Waals surface area contributed by atoms with Crippen LogP contribution >= 0.6 is 15.9 Å². The fourth-order valence-electron chi connectivity index (χ4n) is 1.25. The van der Waals surface area contributed by atoms with Gasteiger partial charge in [0.05, 0.1) is 0 Å². The van der Waals surface area contributed by atoms with E-state index in [1.54, 1.807) is 0 Å². The second-order valence-corrected chi connectivity index (χ2v) is 4.69. The molecule has 2 N–H and O–H groups in total. The van der Waals surface area contributed by atoms with Gasteiger partial charge in [0.15, 0.2) is 0 Å². The summed E-state index contributed by atoms with van der Waals surface area (Å²) in [5.41, 5.74) is 1.97. The van der Waals surface area contributed by atoms with Crippen LogP contribution in [-0.4, -0.2) is 12.1 Å². The van der Waals surface area contributed by atoms with Gasteiger partial charge in [-0.2, -0.15) is 0 Å². The molecule has 0 atom stereocenters. The Hall–Kier alpha value is -1.03. The highest BCUT2D eigenvalue weighted by Crippen LogP contribution is 2.21. The molecule has 0 unspecified atom stereocenters. The molecule has 0 bridgehead atoms. The van der Waals surface area contributed by atoms with Crippen LogP contribution in [0.2, 0.25) is 0 Å². The van der Waals surface area contributed by atoms with Crippen LogP contribution in [-0.2, 0) is 0 Å². The lowest BCUT2D eigenvalue weighted by atomic mass is 10.2. The van der Waals surface area contributed by atoms with Crippen molar-refractivity contribution in [1.82, 2.24) is 5.32 Å². The Morgan fingerprint density at radius 2 is 2.20 bits per heavy atom.